The van der Waals surface area contributed by atoms with E-state index in [1.54, 1.807) is 18.1 Å². The quantitative estimate of drug-likeness (QED) is 0.452. The topological polar surface area (TPSA) is 29.3 Å². The van der Waals surface area contributed by atoms with E-state index < -0.39 is 0 Å². The van der Waals surface area contributed by atoms with Crippen molar-refractivity contribution in [1.82, 2.24) is 4.90 Å². The van der Waals surface area contributed by atoms with Gasteiger partial charge in [-0.05, 0) is 0 Å². The molecule has 1 amide bonds. The average Bonchev–Trinajstić information content (AvgIpc) is 2.56. The van der Waals surface area contributed by atoms with Gasteiger partial charge in [0.25, 0.3) is 5.91 Å². The maximum atomic E-state index is 10.8. The van der Waals surface area contributed by atoms with E-state index in [0.29, 0.717) is 6.04 Å². The summed E-state index contributed by atoms with van der Waals surface area (Å²) in [4.78, 5) is 12.5. The SMILES string of the molecule is COC1=CC(=O)N2CC12. The normalized spacial score (nSPS) is 29.9. The lowest BCUT2D eigenvalue weighted by Crippen LogP contribution is -2.02. The molecule has 0 N–H and O–H groups in total. The molecule has 0 spiro atoms. The fraction of sp³-hybridized carbons (Fsp3) is 0.500. The minimum absolute atomic E-state index is 0.0943. The molecule has 48 valence electrons. The van der Waals surface area contributed by atoms with Crippen LogP contribution in [0.2, 0.25) is 0 Å². The van der Waals surface area contributed by atoms with Crippen LogP contribution in [0.25, 0.3) is 0 Å². The number of rotatable bonds is 1. The van der Waals surface area contributed by atoms with E-state index in [0.717, 1.165) is 12.3 Å². The van der Waals surface area contributed by atoms with Crippen molar-refractivity contribution in [2.24, 2.45) is 0 Å². The smallest absolute Gasteiger partial charge is 0.250 e. The summed E-state index contributed by atoms with van der Waals surface area (Å²) in [6.07, 6.45) is 1.55. The molecule has 9 heavy (non-hydrogen) atoms. The molecule has 2 rings (SSSR count). The molecule has 3 nitrogen and oxygen atoms in total. The predicted molar refractivity (Wildman–Crippen MR) is 30.6 cm³/mol. The third-order valence-electron chi connectivity index (χ3n) is 1.73. The molecule has 1 unspecified atom stereocenters. The third kappa shape index (κ3) is 0.487. The Morgan fingerprint density at radius 3 is 2.89 bits per heavy atom. The summed E-state index contributed by atoms with van der Waals surface area (Å²) in [5.74, 6) is 0.914. The van der Waals surface area contributed by atoms with Crippen LogP contribution in [0.4, 0.5) is 0 Å². The van der Waals surface area contributed by atoms with Gasteiger partial charge in [0.15, 0.2) is 0 Å². The van der Waals surface area contributed by atoms with Crippen molar-refractivity contribution in [1.29, 1.82) is 0 Å². The second-order valence-corrected chi connectivity index (χ2v) is 2.26. The summed E-state index contributed by atoms with van der Waals surface area (Å²) in [5.41, 5.74) is 0. The van der Waals surface area contributed by atoms with Gasteiger partial charge >= 0.3 is 0 Å². The lowest BCUT2D eigenvalue weighted by atomic mass is 10.4. The molecule has 0 bridgehead atoms. The molecule has 3 heteroatoms. The van der Waals surface area contributed by atoms with E-state index in [-0.39, 0.29) is 5.91 Å². The van der Waals surface area contributed by atoms with Crippen molar-refractivity contribution in [3.63, 3.8) is 0 Å². The zero-order valence-corrected chi connectivity index (χ0v) is 5.13. The fourth-order valence-corrected chi connectivity index (χ4v) is 1.12. The summed E-state index contributed by atoms with van der Waals surface area (Å²) in [6, 6.07) is 0.294. The molecule has 2 heterocycles. The summed E-state index contributed by atoms with van der Waals surface area (Å²) in [5, 5.41) is 0. The summed E-state index contributed by atoms with van der Waals surface area (Å²) < 4.78 is 4.93. The molecule has 2 aliphatic rings. The Hall–Kier alpha value is -0.990. The van der Waals surface area contributed by atoms with Crippen LogP contribution in [0.5, 0.6) is 0 Å². The van der Waals surface area contributed by atoms with Crippen molar-refractivity contribution in [2.75, 3.05) is 13.7 Å². The number of carbonyl (C=O) groups excluding carboxylic acids is 1. The van der Waals surface area contributed by atoms with Gasteiger partial charge in [0.05, 0.1) is 7.11 Å². The van der Waals surface area contributed by atoms with Gasteiger partial charge in [-0.2, -0.15) is 0 Å². The standard InChI is InChI=1S/C6H7NO2/c1-9-5-2-6(8)7-3-4(5)7/h2,4H,3H2,1H3. The first-order valence-electron chi connectivity index (χ1n) is 2.89. The number of carbonyl (C=O) groups is 1. The van der Waals surface area contributed by atoms with E-state index in [4.69, 9.17) is 4.74 Å². The Bertz CT molecular complexity index is 197. The van der Waals surface area contributed by atoms with E-state index in [1.165, 1.54) is 0 Å². The van der Waals surface area contributed by atoms with Crippen LogP contribution in [-0.4, -0.2) is 30.5 Å². The average molecular weight is 125 g/mol. The van der Waals surface area contributed by atoms with E-state index >= 15 is 0 Å². The number of hydrogen-bond donors (Lipinski definition) is 0. The lowest BCUT2D eigenvalue weighted by molar-refractivity contribution is -0.120. The molecule has 1 atom stereocenters. The van der Waals surface area contributed by atoms with E-state index in [2.05, 4.69) is 0 Å². The van der Waals surface area contributed by atoms with Gasteiger partial charge in [0, 0.05) is 12.6 Å². The Morgan fingerprint density at radius 2 is 2.67 bits per heavy atom. The van der Waals surface area contributed by atoms with Gasteiger partial charge in [-0.1, -0.05) is 0 Å². The van der Waals surface area contributed by atoms with Gasteiger partial charge in [-0.3, -0.25) is 4.79 Å². The highest BCUT2D eigenvalue weighted by Crippen LogP contribution is 2.31. The first-order valence-corrected chi connectivity index (χ1v) is 2.89. The van der Waals surface area contributed by atoms with Crippen molar-refractivity contribution in [3.8, 4) is 0 Å². The largest absolute Gasteiger partial charge is 0.499 e. The van der Waals surface area contributed by atoms with Gasteiger partial charge in [-0.15, -0.1) is 0 Å². The van der Waals surface area contributed by atoms with Gasteiger partial charge in [-0.25, -0.2) is 0 Å². The van der Waals surface area contributed by atoms with Crippen LogP contribution in [0.1, 0.15) is 0 Å². The Labute approximate surface area is 52.9 Å². The van der Waals surface area contributed by atoms with Crippen LogP contribution in [-0.2, 0) is 9.53 Å². The second-order valence-electron chi connectivity index (χ2n) is 2.26. The zero-order chi connectivity index (χ0) is 6.43. The molecular weight excluding hydrogens is 118 g/mol. The highest BCUT2D eigenvalue weighted by molar-refractivity contribution is 5.94. The minimum Gasteiger partial charge on any atom is -0.499 e. The molecule has 0 aromatic heterocycles. The van der Waals surface area contributed by atoms with Crippen molar-refractivity contribution >= 4 is 5.91 Å². The maximum absolute atomic E-state index is 10.8. The summed E-state index contributed by atoms with van der Waals surface area (Å²) in [6.45, 7) is 0.860. The molecule has 0 aromatic carbocycles. The molecule has 0 aliphatic carbocycles. The van der Waals surface area contributed by atoms with Crippen molar-refractivity contribution in [2.45, 2.75) is 6.04 Å². The number of amides is 1. The fourth-order valence-electron chi connectivity index (χ4n) is 1.12. The molecule has 1 fully saturated rings. The van der Waals surface area contributed by atoms with Gasteiger partial charge in [0.1, 0.15) is 11.8 Å². The number of hydrogen-bond acceptors (Lipinski definition) is 2. The van der Waals surface area contributed by atoms with Gasteiger partial charge in [0.2, 0.25) is 0 Å². The number of methoxy groups -OCH3 is 1. The summed E-state index contributed by atoms with van der Waals surface area (Å²) in [7, 11) is 1.60. The molecule has 2 aliphatic heterocycles. The Morgan fingerprint density at radius 1 is 1.89 bits per heavy atom. The van der Waals surface area contributed by atoms with Crippen molar-refractivity contribution in [3.05, 3.63) is 11.8 Å². The van der Waals surface area contributed by atoms with Crippen molar-refractivity contribution < 1.29 is 9.53 Å². The Balaban J connectivity index is 2.24. The minimum atomic E-state index is 0.0943. The van der Waals surface area contributed by atoms with E-state index in [9.17, 15) is 4.79 Å². The van der Waals surface area contributed by atoms with Crippen LogP contribution in [0.15, 0.2) is 11.8 Å². The molecule has 0 radical (unpaired) electrons. The lowest BCUT2D eigenvalue weighted by Gasteiger charge is -1.94. The van der Waals surface area contributed by atoms with E-state index in [1.807, 2.05) is 0 Å². The Kier molecular flexibility index (Phi) is 0.695. The summed E-state index contributed by atoms with van der Waals surface area (Å²) >= 11 is 0. The highest BCUT2D eigenvalue weighted by Gasteiger charge is 2.46. The first-order chi connectivity index (χ1) is 4.33. The number of fused-ring (bicyclic) bond motifs is 1. The van der Waals surface area contributed by atoms with Crippen LogP contribution in [0.3, 0.4) is 0 Å². The predicted octanol–water partition coefficient (Wildman–Crippen LogP) is -0.259. The highest BCUT2D eigenvalue weighted by atomic mass is 16.5. The second kappa shape index (κ2) is 1.29. The first kappa shape index (κ1) is 4.85. The molecule has 0 saturated carbocycles. The van der Waals surface area contributed by atoms with Crippen LogP contribution < -0.4 is 0 Å². The molecule has 0 aromatic rings. The maximum Gasteiger partial charge on any atom is 0.250 e. The number of nitrogens with zero attached hydrogens (tertiary/aromatic N) is 1. The molecular formula is C6H7NO2. The zero-order valence-electron chi connectivity index (χ0n) is 5.13. The van der Waals surface area contributed by atoms with Gasteiger partial charge < -0.3 is 9.64 Å². The third-order valence-corrected chi connectivity index (χ3v) is 1.73. The number of ether oxygens (including phenoxy) is 1. The van der Waals surface area contributed by atoms with Crippen LogP contribution >= 0.6 is 0 Å². The van der Waals surface area contributed by atoms with Crippen LogP contribution in [0, 0.1) is 0 Å². The molecule has 1 saturated heterocycles. The monoisotopic (exact) mass is 125 g/mol.